The zero-order chi connectivity index (χ0) is 12.7. The molecule has 1 atom stereocenters. The third-order valence-electron chi connectivity index (χ3n) is 2.51. The van der Waals surface area contributed by atoms with Crippen molar-refractivity contribution in [2.24, 2.45) is 5.92 Å². The molecule has 1 rings (SSSR count). The highest BCUT2D eigenvalue weighted by molar-refractivity contribution is 5.38. The van der Waals surface area contributed by atoms with Gasteiger partial charge in [0.05, 0.1) is 6.61 Å². The minimum atomic E-state index is 0.166. The van der Waals surface area contributed by atoms with Crippen LogP contribution in [0, 0.1) is 5.92 Å². The SMILES string of the molecule is CCOc1cc(NC(CCO)C(C)C)ncn1. The molecule has 1 aromatic rings. The summed E-state index contributed by atoms with van der Waals surface area (Å²) >= 11 is 0. The zero-order valence-electron chi connectivity index (χ0n) is 10.7. The van der Waals surface area contributed by atoms with Gasteiger partial charge in [-0.05, 0) is 19.3 Å². The van der Waals surface area contributed by atoms with Crippen LogP contribution in [0.2, 0.25) is 0 Å². The number of aromatic nitrogens is 2. The van der Waals surface area contributed by atoms with Gasteiger partial charge in [0, 0.05) is 18.7 Å². The van der Waals surface area contributed by atoms with Crippen molar-refractivity contribution in [2.75, 3.05) is 18.5 Å². The van der Waals surface area contributed by atoms with Gasteiger partial charge >= 0.3 is 0 Å². The summed E-state index contributed by atoms with van der Waals surface area (Å²) in [6.07, 6.45) is 2.18. The summed E-state index contributed by atoms with van der Waals surface area (Å²) in [6.45, 7) is 6.88. The van der Waals surface area contributed by atoms with Crippen molar-refractivity contribution < 1.29 is 9.84 Å². The molecule has 1 unspecified atom stereocenters. The molecule has 0 aliphatic carbocycles. The van der Waals surface area contributed by atoms with Gasteiger partial charge in [-0.25, -0.2) is 9.97 Å². The molecule has 0 saturated heterocycles. The Hall–Kier alpha value is -1.36. The van der Waals surface area contributed by atoms with E-state index in [9.17, 15) is 0 Å². The van der Waals surface area contributed by atoms with Crippen LogP contribution in [0.1, 0.15) is 27.2 Å². The summed E-state index contributed by atoms with van der Waals surface area (Å²) in [5.74, 6) is 1.72. The fraction of sp³-hybridized carbons (Fsp3) is 0.667. The smallest absolute Gasteiger partial charge is 0.218 e. The first-order valence-electron chi connectivity index (χ1n) is 5.99. The average Bonchev–Trinajstić information content (AvgIpc) is 2.29. The molecule has 96 valence electrons. The number of ether oxygens (including phenoxy) is 1. The topological polar surface area (TPSA) is 67.3 Å². The lowest BCUT2D eigenvalue weighted by Gasteiger charge is -2.22. The second-order valence-electron chi connectivity index (χ2n) is 4.18. The number of hydrogen-bond donors (Lipinski definition) is 2. The van der Waals surface area contributed by atoms with Crippen molar-refractivity contribution in [2.45, 2.75) is 33.2 Å². The van der Waals surface area contributed by atoms with Crippen LogP contribution < -0.4 is 10.1 Å². The molecule has 0 saturated carbocycles. The van der Waals surface area contributed by atoms with Crippen LogP contribution in [0.25, 0.3) is 0 Å². The third kappa shape index (κ3) is 4.56. The van der Waals surface area contributed by atoms with E-state index in [1.165, 1.54) is 6.33 Å². The molecular formula is C12H21N3O2. The number of anilines is 1. The lowest BCUT2D eigenvalue weighted by Crippen LogP contribution is -2.27. The van der Waals surface area contributed by atoms with Crippen molar-refractivity contribution >= 4 is 5.82 Å². The lowest BCUT2D eigenvalue weighted by molar-refractivity contribution is 0.267. The van der Waals surface area contributed by atoms with Gasteiger partial charge in [0.1, 0.15) is 12.1 Å². The molecule has 0 aliphatic heterocycles. The van der Waals surface area contributed by atoms with Crippen LogP contribution in [0.3, 0.4) is 0 Å². The Morgan fingerprint density at radius 3 is 2.76 bits per heavy atom. The first kappa shape index (κ1) is 13.7. The van der Waals surface area contributed by atoms with Crippen LogP contribution >= 0.6 is 0 Å². The zero-order valence-corrected chi connectivity index (χ0v) is 10.7. The molecule has 0 spiro atoms. The van der Waals surface area contributed by atoms with Crippen molar-refractivity contribution in [1.29, 1.82) is 0 Å². The minimum Gasteiger partial charge on any atom is -0.478 e. The van der Waals surface area contributed by atoms with Gasteiger partial charge in [-0.1, -0.05) is 13.8 Å². The average molecular weight is 239 g/mol. The van der Waals surface area contributed by atoms with E-state index in [2.05, 4.69) is 29.1 Å². The fourth-order valence-corrected chi connectivity index (χ4v) is 1.55. The van der Waals surface area contributed by atoms with E-state index in [4.69, 9.17) is 9.84 Å². The summed E-state index contributed by atoms with van der Waals surface area (Å²) in [7, 11) is 0. The predicted molar refractivity (Wildman–Crippen MR) is 67.2 cm³/mol. The molecule has 0 bridgehead atoms. The Kier molecular flexibility index (Phi) is 5.69. The molecule has 17 heavy (non-hydrogen) atoms. The maximum atomic E-state index is 9.00. The Morgan fingerprint density at radius 1 is 1.41 bits per heavy atom. The summed E-state index contributed by atoms with van der Waals surface area (Å²) < 4.78 is 5.31. The van der Waals surface area contributed by atoms with E-state index in [1.54, 1.807) is 6.07 Å². The van der Waals surface area contributed by atoms with Gasteiger partial charge in [0.2, 0.25) is 5.88 Å². The normalized spacial score (nSPS) is 12.5. The predicted octanol–water partition coefficient (Wildman–Crippen LogP) is 1.69. The maximum absolute atomic E-state index is 9.00. The summed E-state index contributed by atoms with van der Waals surface area (Å²) in [6, 6.07) is 1.97. The molecule has 1 heterocycles. The highest BCUT2D eigenvalue weighted by atomic mass is 16.5. The van der Waals surface area contributed by atoms with Crippen molar-refractivity contribution in [3.05, 3.63) is 12.4 Å². The second-order valence-corrected chi connectivity index (χ2v) is 4.18. The number of aliphatic hydroxyl groups excluding tert-OH is 1. The molecule has 0 amide bonds. The molecular weight excluding hydrogens is 218 g/mol. The standard InChI is InChI=1S/C12H21N3O2/c1-4-17-12-7-11(13-8-14-12)15-10(5-6-16)9(2)3/h7-10,16H,4-6H2,1-3H3,(H,13,14,15). The Morgan fingerprint density at radius 2 is 2.18 bits per heavy atom. The number of aliphatic hydroxyl groups is 1. The summed E-state index contributed by atoms with van der Waals surface area (Å²) in [5.41, 5.74) is 0. The third-order valence-corrected chi connectivity index (χ3v) is 2.51. The number of hydrogen-bond acceptors (Lipinski definition) is 5. The van der Waals surface area contributed by atoms with Gasteiger partial charge in [0.15, 0.2) is 0 Å². The van der Waals surface area contributed by atoms with E-state index in [0.717, 1.165) is 5.82 Å². The maximum Gasteiger partial charge on any atom is 0.218 e. The number of nitrogens with zero attached hydrogens (tertiary/aromatic N) is 2. The highest BCUT2D eigenvalue weighted by Crippen LogP contribution is 2.16. The Bertz CT molecular complexity index is 331. The first-order valence-corrected chi connectivity index (χ1v) is 5.99. The molecule has 0 aliphatic rings. The molecule has 2 N–H and O–H groups in total. The van der Waals surface area contributed by atoms with E-state index in [-0.39, 0.29) is 12.6 Å². The van der Waals surface area contributed by atoms with E-state index >= 15 is 0 Å². The highest BCUT2D eigenvalue weighted by Gasteiger charge is 2.13. The van der Waals surface area contributed by atoms with Crippen LogP contribution in [0.4, 0.5) is 5.82 Å². The largest absolute Gasteiger partial charge is 0.478 e. The van der Waals surface area contributed by atoms with Gasteiger partial charge in [-0.2, -0.15) is 0 Å². The van der Waals surface area contributed by atoms with Crippen LogP contribution in [-0.4, -0.2) is 34.3 Å². The van der Waals surface area contributed by atoms with Gasteiger partial charge in [0.25, 0.3) is 0 Å². The molecule has 0 aromatic carbocycles. The van der Waals surface area contributed by atoms with Crippen LogP contribution in [0.5, 0.6) is 5.88 Å². The van der Waals surface area contributed by atoms with Crippen LogP contribution in [-0.2, 0) is 0 Å². The van der Waals surface area contributed by atoms with E-state index in [0.29, 0.717) is 24.8 Å². The van der Waals surface area contributed by atoms with E-state index in [1.807, 2.05) is 6.92 Å². The van der Waals surface area contributed by atoms with Crippen molar-refractivity contribution in [1.82, 2.24) is 9.97 Å². The van der Waals surface area contributed by atoms with Gasteiger partial charge in [-0.3, -0.25) is 0 Å². The molecule has 0 radical (unpaired) electrons. The summed E-state index contributed by atoms with van der Waals surface area (Å²) in [5, 5.41) is 12.3. The Labute approximate surface area is 102 Å². The molecule has 5 heteroatoms. The minimum absolute atomic E-state index is 0.166. The van der Waals surface area contributed by atoms with Crippen molar-refractivity contribution in [3.63, 3.8) is 0 Å². The number of rotatable bonds is 7. The quantitative estimate of drug-likeness (QED) is 0.758. The first-order chi connectivity index (χ1) is 8.17. The molecule has 1 aromatic heterocycles. The number of nitrogens with one attached hydrogen (secondary N) is 1. The van der Waals surface area contributed by atoms with Crippen molar-refractivity contribution in [3.8, 4) is 5.88 Å². The molecule has 0 fully saturated rings. The fourth-order valence-electron chi connectivity index (χ4n) is 1.55. The lowest BCUT2D eigenvalue weighted by atomic mass is 10.0. The Balaban J connectivity index is 2.68. The van der Waals surface area contributed by atoms with Crippen LogP contribution in [0.15, 0.2) is 12.4 Å². The summed E-state index contributed by atoms with van der Waals surface area (Å²) in [4.78, 5) is 8.15. The van der Waals surface area contributed by atoms with E-state index < -0.39 is 0 Å². The van der Waals surface area contributed by atoms with Gasteiger partial charge < -0.3 is 15.2 Å². The second kappa shape index (κ2) is 7.06. The molecule has 5 nitrogen and oxygen atoms in total. The van der Waals surface area contributed by atoms with Gasteiger partial charge in [-0.15, -0.1) is 0 Å². The monoisotopic (exact) mass is 239 g/mol.